The standard InChI is InChI=1S/C12H19Cl2NS/c1-3-4-5-6-7-15-9(2)10-8-11(13)16-12(10)14/h8-9,15H,3-7H2,1-2H3. The summed E-state index contributed by atoms with van der Waals surface area (Å²) in [5.41, 5.74) is 1.12. The number of halogens is 2. The van der Waals surface area contributed by atoms with Crippen LogP contribution < -0.4 is 5.32 Å². The first-order valence-corrected chi connectivity index (χ1v) is 7.40. The minimum absolute atomic E-state index is 0.290. The van der Waals surface area contributed by atoms with Gasteiger partial charge in [0.15, 0.2) is 0 Å². The van der Waals surface area contributed by atoms with E-state index in [9.17, 15) is 0 Å². The van der Waals surface area contributed by atoms with Gasteiger partial charge in [0.05, 0.1) is 8.67 Å². The van der Waals surface area contributed by atoms with Gasteiger partial charge in [-0.05, 0) is 31.5 Å². The summed E-state index contributed by atoms with van der Waals surface area (Å²) in [6.07, 6.45) is 5.13. The molecule has 0 aliphatic heterocycles. The number of thiophene rings is 1. The van der Waals surface area contributed by atoms with Gasteiger partial charge in [-0.1, -0.05) is 49.4 Å². The Bertz CT molecular complexity index is 312. The van der Waals surface area contributed by atoms with Gasteiger partial charge in [-0.15, -0.1) is 11.3 Å². The van der Waals surface area contributed by atoms with Crippen molar-refractivity contribution in [2.45, 2.75) is 45.6 Å². The van der Waals surface area contributed by atoms with Crippen molar-refractivity contribution in [1.82, 2.24) is 5.32 Å². The summed E-state index contributed by atoms with van der Waals surface area (Å²) in [6.45, 7) is 5.40. The Morgan fingerprint density at radius 3 is 2.62 bits per heavy atom. The molecule has 1 aromatic heterocycles. The first-order valence-electron chi connectivity index (χ1n) is 5.83. The quantitative estimate of drug-likeness (QED) is 0.669. The van der Waals surface area contributed by atoms with Crippen LogP contribution in [-0.4, -0.2) is 6.54 Å². The van der Waals surface area contributed by atoms with Crippen LogP contribution in [0.4, 0.5) is 0 Å². The molecule has 16 heavy (non-hydrogen) atoms. The van der Waals surface area contributed by atoms with E-state index in [4.69, 9.17) is 23.2 Å². The number of unbranched alkanes of at least 4 members (excludes halogenated alkanes) is 3. The van der Waals surface area contributed by atoms with E-state index >= 15 is 0 Å². The van der Waals surface area contributed by atoms with E-state index in [0.717, 1.165) is 20.8 Å². The van der Waals surface area contributed by atoms with Crippen molar-refractivity contribution in [2.75, 3.05) is 6.54 Å². The highest BCUT2D eigenvalue weighted by Gasteiger charge is 2.12. The Kier molecular flexibility index (Phi) is 6.74. The first-order chi connectivity index (χ1) is 7.65. The molecule has 0 aliphatic carbocycles. The van der Waals surface area contributed by atoms with E-state index in [-0.39, 0.29) is 6.04 Å². The Morgan fingerprint density at radius 2 is 2.06 bits per heavy atom. The zero-order valence-corrected chi connectivity index (χ0v) is 12.2. The summed E-state index contributed by atoms with van der Waals surface area (Å²) in [5, 5.41) is 3.48. The maximum atomic E-state index is 6.10. The SMILES string of the molecule is CCCCCCNC(C)c1cc(Cl)sc1Cl. The van der Waals surface area contributed by atoms with Crippen molar-refractivity contribution in [3.8, 4) is 0 Å². The fourth-order valence-electron chi connectivity index (χ4n) is 1.63. The van der Waals surface area contributed by atoms with Crippen molar-refractivity contribution >= 4 is 34.5 Å². The Labute approximate surface area is 112 Å². The molecule has 1 nitrogen and oxygen atoms in total. The average Bonchev–Trinajstić information content (AvgIpc) is 2.57. The van der Waals surface area contributed by atoms with Gasteiger partial charge in [0.1, 0.15) is 0 Å². The van der Waals surface area contributed by atoms with Gasteiger partial charge >= 0.3 is 0 Å². The minimum atomic E-state index is 0.290. The second-order valence-electron chi connectivity index (χ2n) is 4.02. The minimum Gasteiger partial charge on any atom is -0.310 e. The third-order valence-corrected chi connectivity index (χ3v) is 4.15. The molecule has 0 fully saturated rings. The maximum Gasteiger partial charge on any atom is 0.0991 e. The second kappa shape index (κ2) is 7.54. The van der Waals surface area contributed by atoms with Crippen LogP contribution in [0.2, 0.25) is 8.67 Å². The highest BCUT2D eigenvalue weighted by Crippen LogP contribution is 2.34. The molecule has 4 heteroatoms. The summed E-state index contributed by atoms with van der Waals surface area (Å²) in [6, 6.07) is 2.25. The predicted molar refractivity (Wildman–Crippen MR) is 74.9 cm³/mol. The molecule has 92 valence electrons. The summed E-state index contributed by atoms with van der Waals surface area (Å²) < 4.78 is 1.57. The van der Waals surface area contributed by atoms with Gasteiger partial charge in [0, 0.05) is 6.04 Å². The lowest BCUT2D eigenvalue weighted by molar-refractivity contribution is 0.537. The first kappa shape index (κ1) is 14.3. The highest BCUT2D eigenvalue weighted by atomic mass is 35.5. The fourth-order valence-corrected chi connectivity index (χ4v) is 3.27. The van der Waals surface area contributed by atoms with Crippen LogP contribution in [0.15, 0.2) is 6.07 Å². The second-order valence-corrected chi connectivity index (χ2v) is 6.30. The van der Waals surface area contributed by atoms with E-state index in [0.29, 0.717) is 0 Å². The van der Waals surface area contributed by atoms with Crippen LogP contribution >= 0.6 is 34.5 Å². The van der Waals surface area contributed by atoms with Crippen molar-refractivity contribution in [1.29, 1.82) is 0 Å². The molecular formula is C12H19Cl2NS. The Hall–Kier alpha value is 0.240. The van der Waals surface area contributed by atoms with E-state index in [2.05, 4.69) is 19.2 Å². The monoisotopic (exact) mass is 279 g/mol. The zero-order valence-electron chi connectivity index (χ0n) is 9.85. The molecule has 1 aromatic rings. The molecule has 0 saturated carbocycles. The molecule has 0 radical (unpaired) electrons. The van der Waals surface area contributed by atoms with Crippen LogP contribution in [0.3, 0.4) is 0 Å². The molecule has 0 saturated heterocycles. The summed E-state index contributed by atoms with van der Waals surface area (Å²) >= 11 is 13.5. The number of hydrogen-bond acceptors (Lipinski definition) is 2. The van der Waals surface area contributed by atoms with Crippen LogP contribution in [0.1, 0.15) is 51.1 Å². The van der Waals surface area contributed by atoms with E-state index in [1.807, 2.05) is 6.07 Å². The van der Waals surface area contributed by atoms with Gasteiger partial charge in [0.2, 0.25) is 0 Å². The number of hydrogen-bond donors (Lipinski definition) is 1. The zero-order chi connectivity index (χ0) is 12.0. The van der Waals surface area contributed by atoms with E-state index in [1.165, 1.54) is 37.0 Å². The normalized spacial score (nSPS) is 13.0. The molecule has 1 N–H and O–H groups in total. The van der Waals surface area contributed by atoms with Crippen molar-refractivity contribution < 1.29 is 0 Å². The Morgan fingerprint density at radius 1 is 1.31 bits per heavy atom. The lowest BCUT2D eigenvalue weighted by Crippen LogP contribution is -2.19. The molecule has 1 heterocycles. The van der Waals surface area contributed by atoms with Crippen LogP contribution in [0, 0.1) is 0 Å². The number of rotatable bonds is 7. The average molecular weight is 280 g/mol. The molecule has 0 aromatic carbocycles. The maximum absolute atomic E-state index is 6.10. The Balaban J connectivity index is 2.29. The third-order valence-electron chi connectivity index (χ3n) is 2.63. The van der Waals surface area contributed by atoms with E-state index in [1.54, 1.807) is 0 Å². The van der Waals surface area contributed by atoms with Gasteiger partial charge in [-0.25, -0.2) is 0 Å². The third kappa shape index (κ3) is 4.62. The highest BCUT2D eigenvalue weighted by molar-refractivity contribution is 7.20. The van der Waals surface area contributed by atoms with Crippen molar-refractivity contribution in [2.24, 2.45) is 0 Å². The largest absolute Gasteiger partial charge is 0.310 e. The lowest BCUT2D eigenvalue weighted by Gasteiger charge is -2.12. The summed E-state index contributed by atoms with van der Waals surface area (Å²) in [7, 11) is 0. The number of nitrogens with one attached hydrogen (secondary N) is 1. The van der Waals surface area contributed by atoms with Crippen molar-refractivity contribution in [3.05, 3.63) is 20.3 Å². The van der Waals surface area contributed by atoms with Crippen LogP contribution in [0.25, 0.3) is 0 Å². The lowest BCUT2D eigenvalue weighted by atomic mass is 10.1. The topological polar surface area (TPSA) is 12.0 Å². The molecule has 1 atom stereocenters. The van der Waals surface area contributed by atoms with Crippen molar-refractivity contribution in [3.63, 3.8) is 0 Å². The van der Waals surface area contributed by atoms with Gasteiger partial charge < -0.3 is 5.32 Å². The molecule has 1 unspecified atom stereocenters. The molecule has 1 rings (SSSR count). The van der Waals surface area contributed by atoms with Gasteiger partial charge in [0.25, 0.3) is 0 Å². The molecule has 0 amide bonds. The molecular weight excluding hydrogens is 261 g/mol. The van der Waals surface area contributed by atoms with Crippen LogP contribution in [0.5, 0.6) is 0 Å². The predicted octanol–water partition coefficient (Wildman–Crippen LogP) is 5.29. The van der Waals surface area contributed by atoms with E-state index < -0.39 is 0 Å². The molecule has 0 spiro atoms. The fraction of sp³-hybridized carbons (Fsp3) is 0.667. The summed E-state index contributed by atoms with van der Waals surface area (Å²) in [4.78, 5) is 0. The molecule has 0 aliphatic rings. The smallest absolute Gasteiger partial charge is 0.0991 e. The molecule has 0 bridgehead atoms. The van der Waals surface area contributed by atoms with Crippen LogP contribution in [-0.2, 0) is 0 Å². The summed E-state index contributed by atoms with van der Waals surface area (Å²) in [5.74, 6) is 0. The van der Waals surface area contributed by atoms with Gasteiger partial charge in [-0.2, -0.15) is 0 Å². The van der Waals surface area contributed by atoms with Gasteiger partial charge in [-0.3, -0.25) is 0 Å².